The Hall–Kier alpha value is -2.31. The van der Waals surface area contributed by atoms with Crippen molar-refractivity contribution in [1.29, 1.82) is 0 Å². The molecule has 0 saturated carbocycles. The number of rotatable bonds is 26. The zero-order chi connectivity index (χ0) is 28.4. The van der Waals surface area contributed by atoms with E-state index in [0.717, 1.165) is 37.9 Å². The van der Waals surface area contributed by atoms with Crippen LogP contribution in [0.1, 0.15) is 148 Å². The second kappa shape index (κ2) is 24.7. The molecule has 1 atom stereocenters. The summed E-state index contributed by atoms with van der Waals surface area (Å²) in [6.07, 6.45) is 26.7. The molecule has 1 heterocycles. The third-order valence-corrected chi connectivity index (χ3v) is 7.00. The average molecular weight is 548 g/mol. The number of hydrogen-bond acceptors (Lipinski definition) is 5. The van der Waals surface area contributed by atoms with Crippen LogP contribution in [-0.2, 0) is 20.7 Å². The number of aromatic amines is 1. The number of aryl methyl sites for hydroxylation is 1. The molecule has 1 aromatic rings. The first-order chi connectivity index (χ1) is 19.0. The number of ether oxygens (including phenoxy) is 2. The Kier molecular flexibility index (Phi) is 22.0. The van der Waals surface area contributed by atoms with Gasteiger partial charge in [0.1, 0.15) is 5.82 Å². The van der Waals surface area contributed by atoms with Crippen molar-refractivity contribution in [2.24, 2.45) is 0 Å². The molecule has 1 rings (SSSR count). The number of esters is 1. The summed E-state index contributed by atoms with van der Waals surface area (Å²) in [5, 5.41) is 2.76. The van der Waals surface area contributed by atoms with Crippen molar-refractivity contribution in [3.05, 3.63) is 30.4 Å². The summed E-state index contributed by atoms with van der Waals surface area (Å²) in [7, 11) is 0. The van der Waals surface area contributed by atoms with E-state index in [-0.39, 0.29) is 12.4 Å². The molecule has 0 aliphatic rings. The molecular formula is C32H57N3O4. The van der Waals surface area contributed by atoms with Crippen LogP contribution in [0.4, 0.5) is 4.79 Å². The highest BCUT2D eigenvalue weighted by atomic mass is 16.7. The lowest BCUT2D eigenvalue weighted by Crippen LogP contribution is -2.32. The highest BCUT2D eigenvalue weighted by Crippen LogP contribution is 2.14. The monoisotopic (exact) mass is 547 g/mol. The van der Waals surface area contributed by atoms with Crippen LogP contribution < -0.4 is 5.32 Å². The van der Waals surface area contributed by atoms with Gasteiger partial charge in [0.25, 0.3) is 6.29 Å². The second-order valence-electron chi connectivity index (χ2n) is 10.9. The minimum atomic E-state index is -1.05. The third kappa shape index (κ3) is 21.2. The Morgan fingerprint density at radius 2 is 1.36 bits per heavy atom. The van der Waals surface area contributed by atoms with Gasteiger partial charge >= 0.3 is 12.1 Å². The van der Waals surface area contributed by atoms with Crippen molar-refractivity contribution in [2.75, 3.05) is 6.54 Å². The quantitative estimate of drug-likeness (QED) is 0.0522. The van der Waals surface area contributed by atoms with E-state index < -0.39 is 12.4 Å². The number of hydrogen-bond donors (Lipinski definition) is 2. The van der Waals surface area contributed by atoms with Gasteiger partial charge in [0.15, 0.2) is 0 Å². The highest BCUT2D eigenvalue weighted by molar-refractivity contribution is 5.71. The van der Waals surface area contributed by atoms with Gasteiger partial charge in [0, 0.05) is 37.4 Å². The molecule has 0 radical (unpaired) electrons. The highest BCUT2D eigenvalue weighted by Gasteiger charge is 2.19. The minimum absolute atomic E-state index is 0.284. The van der Waals surface area contributed by atoms with E-state index in [1.165, 1.54) is 89.9 Å². The van der Waals surface area contributed by atoms with Crippen molar-refractivity contribution in [3.63, 3.8) is 0 Å². The van der Waals surface area contributed by atoms with Crippen LogP contribution in [0.25, 0.3) is 0 Å². The molecule has 39 heavy (non-hydrogen) atoms. The molecule has 224 valence electrons. The van der Waals surface area contributed by atoms with Gasteiger partial charge in [-0.25, -0.2) is 9.78 Å². The van der Waals surface area contributed by atoms with Crippen molar-refractivity contribution in [3.8, 4) is 0 Å². The van der Waals surface area contributed by atoms with E-state index in [2.05, 4.69) is 28.8 Å². The van der Waals surface area contributed by atoms with Gasteiger partial charge < -0.3 is 19.8 Å². The van der Waals surface area contributed by atoms with Gasteiger partial charge in [-0.2, -0.15) is 0 Å². The smallest absolute Gasteiger partial charge is 0.410 e. The number of alkyl carbamates (subject to hydrolysis) is 1. The Balaban J connectivity index is 1.94. The van der Waals surface area contributed by atoms with Crippen LogP contribution in [0.2, 0.25) is 0 Å². The summed E-state index contributed by atoms with van der Waals surface area (Å²) in [5.41, 5.74) is 0.485. The molecule has 2 N–H and O–H groups in total. The number of H-pyrrole nitrogens is 1. The van der Waals surface area contributed by atoms with Crippen LogP contribution in [0.5, 0.6) is 0 Å². The summed E-state index contributed by atoms with van der Waals surface area (Å²) in [5.74, 6) is 0.575. The lowest BCUT2D eigenvalue weighted by atomic mass is 10.0. The van der Waals surface area contributed by atoms with Crippen molar-refractivity contribution >= 4 is 12.1 Å². The number of carbonyl (C=O) groups excluding carboxylic acids is 2. The summed E-state index contributed by atoms with van der Waals surface area (Å²) in [6.45, 7) is 8.31. The van der Waals surface area contributed by atoms with Crippen LogP contribution in [0, 0.1) is 0 Å². The number of amides is 1. The van der Waals surface area contributed by atoms with Gasteiger partial charge in [-0.05, 0) is 26.2 Å². The summed E-state index contributed by atoms with van der Waals surface area (Å²) in [6, 6.07) is 0. The number of imidazole rings is 1. The first-order valence-electron chi connectivity index (χ1n) is 15.8. The SMILES string of the molecule is C=C(C)C(OC(=O)CCCCCc1ncc[nH]1)OC(=O)NCCCCCCCCCCCCCCCCCC. The third-order valence-electron chi connectivity index (χ3n) is 7.00. The Bertz CT molecular complexity index is 736. The maximum atomic E-state index is 12.2. The van der Waals surface area contributed by atoms with Gasteiger partial charge in [0.05, 0.1) is 0 Å². The van der Waals surface area contributed by atoms with E-state index in [1.54, 1.807) is 13.1 Å². The fourth-order valence-electron chi connectivity index (χ4n) is 4.58. The van der Waals surface area contributed by atoms with Crippen LogP contribution in [-0.4, -0.2) is 34.9 Å². The van der Waals surface area contributed by atoms with Gasteiger partial charge in [-0.3, -0.25) is 4.79 Å². The van der Waals surface area contributed by atoms with Gasteiger partial charge in [0.2, 0.25) is 0 Å². The molecule has 0 fully saturated rings. The van der Waals surface area contributed by atoms with E-state index >= 15 is 0 Å². The van der Waals surface area contributed by atoms with Gasteiger partial charge in [-0.1, -0.05) is 116 Å². The molecule has 0 aliphatic heterocycles. The largest absolute Gasteiger partial charge is 0.421 e. The zero-order valence-corrected chi connectivity index (χ0v) is 25.1. The molecule has 0 aromatic carbocycles. The summed E-state index contributed by atoms with van der Waals surface area (Å²) >= 11 is 0. The second-order valence-corrected chi connectivity index (χ2v) is 10.9. The summed E-state index contributed by atoms with van der Waals surface area (Å²) < 4.78 is 10.6. The minimum Gasteiger partial charge on any atom is -0.421 e. The maximum Gasteiger partial charge on any atom is 0.410 e. The first-order valence-corrected chi connectivity index (χ1v) is 15.8. The van der Waals surface area contributed by atoms with Crippen LogP contribution in [0.3, 0.4) is 0 Å². The molecule has 1 unspecified atom stereocenters. The van der Waals surface area contributed by atoms with E-state index in [9.17, 15) is 9.59 Å². The standard InChI is InChI=1S/C32H57N3O4/c1-4-5-6-7-8-9-10-11-12-13-14-15-16-17-18-22-25-35-32(37)39-31(28(2)3)38-30(36)24-21-19-20-23-29-33-26-27-34-29/h26-27,31H,2,4-25H2,1,3H3,(H,33,34)(H,35,37). The van der Waals surface area contributed by atoms with E-state index in [4.69, 9.17) is 9.47 Å². The van der Waals surface area contributed by atoms with Crippen LogP contribution >= 0.6 is 0 Å². The number of nitrogens with zero attached hydrogens (tertiary/aromatic N) is 1. The molecule has 7 heteroatoms. The number of nitrogens with one attached hydrogen (secondary N) is 2. The lowest BCUT2D eigenvalue weighted by Gasteiger charge is -2.18. The Morgan fingerprint density at radius 1 is 0.821 bits per heavy atom. The number of carbonyl (C=O) groups is 2. The van der Waals surface area contributed by atoms with Crippen LogP contribution in [0.15, 0.2) is 24.5 Å². The molecule has 1 aromatic heterocycles. The molecule has 1 amide bonds. The van der Waals surface area contributed by atoms with Crippen molar-refractivity contribution < 1.29 is 19.1 Å². The van der Waals surface area contributed by atoms with E-state index in [1.807, 2.05) is 6.20 Å². The van der Waals surface area contributed by atoms with Crippen molar-refractivity contribution in [1.82, 2.24) is 15.3 Å². The molecule has 0 bridgehead atoms. The van der Waals surface area contributed by atoms with Crippen molar-refractivity contribution in [2.45, 2.75) is 155 Å². The van der Waals surface area contributed by atoms with Gasteiger partial charge in [-0.15, -0.1) is 0 Å². The zero-order valence-electron chi connectivity index (χ0n) is 25.1. The predicted octanol–water partition coefficient (Wildman–Crippen LogP) is 8.95. The Morgan fingerprint density at radius 3 is 1.87 bits per heavy atom. The Labute approximate surface area is 238 Å². The number of aromatic nitrogens is 2. The molecule has 0 saturated heterocycles. The first kappa shape index (κ1) is 34.7. The normalized spacial score (nSPS) is 11.7. The topological polar surface area (TPSA) is 93.3 Å². The predicted molar refractivity (Wildman–Crippen MR) is 159 cm³/mol. The molecule has 0 spiro atoms. The number of unbranched alkanes of at least 4 members (excludes halogenated alkanes) is 17. The fraction of sp³-hybridized carbons (Fsp3) is 0.781. The summed E-state index contributed by atoms with van der Waals surface area (Å²) in [4.78, 5) is 31.6. The molecular weight excluding hydrogens is 490 g/mol. The lowest BCUT2D eigenvalue weighted by molar-refractivity contribution is -0.162. The average Bonchev–Trinajstić information content (AvgIpc) is 3.43. The molecule has 7 nitrogen and oxygen atoms in total. The fourth-order valence-corrected chi connectivity index (χ4v) is 4.58. The molecule has 0 aliphatic carbocycles. The maximum absolute atomic E-state index is 12.2. The van der Waals surface area contributed by atoms with E-state index in [0.29, 0.717) is 18.5 Å².